The number of aliphatic hydroxyl groups is 1. The summed E-state index contributed by atoms with van der Waals surface area (Å²) in [5.74, 6) is 0.342. The fraction of sp³-hybridized carbons (Fsp3) is 0.412. The predicted molar refractivity (Wildman–Crippen MR) is 157 cm³/mol. The summed E-state index contributed by atoms with van der Waals surface area (Å²) in [6.07, 6.45) is 2.66. The smallest absolute Gasteiger partial charge is 0.348 e. The molecule has 0 spiro atoms. The molecule has 1 amide bonds. The van der Waals surface area contributed by atoms with Crippen LogP contribution < -0.4 is 10.1 Å². The average molecular weight is 558 g/mol. The van der Waals surface area contributed by atoms with Crippen molar-refractivity contribution in [1.29, 1.82) is 0 Å². The van der Waals surface area contributed by atoms with Crippen LogP contribution in [0.15, 0.2) is 84.9 Å². The normalized spacial score (nSPS) is 21.9. The Morgan fingerprint density at radius 2 is 1.51 bits per heavy atom. The van der Waals surface area contributed by atoms with Crippen molar-refractivity contribution in [3.63, 3.8) is 0 Å². The van der Waals surface area contributed by atoms with Gasteiger partial charge in [-0.25, -0.2) is 4.79 Å². The maximum Gasteiger partial charge on any atom is 0.348 e. The van der Waals surface area contributed by atoms with E-state index < -0.39 is 11.6 Å². The minimum absolute atomic E-state index is 0.0871. The maximum absolute atomic E-state index is 13.7. The third-order valence-corrected chi connectivity index (χ3v) is 8.56. The molecule has 3 aliphatic rings. The summed E-state index contributed by atoms with van der Waals surface area (Å²) in [7, 11) is 0. The van der Waals surface area contributed by atoms with E-state index in [0.717, 1.165) is 55.7 Å². The maximum atomic E-state index is 13.7. The summed E-state index contributed by atoms with van der Waals surface area (Å²) in [5.41, 5.74) is -0.260. The minimum atomic E-state index is -1.87. The molecule has 7 nitrogen and oxygen atoms in total. The van der Waals surface area contributed by atoms with E-state index in [2.05, 4.69) is 5.32 Å². The number of esters is 1. The van der Waals surface area contributed by atoms with Crippen LogP contribution in [-0.2, 0) is 15.1 Å². The zero-order chi connectivity index (χ0) is 28.9. The van der Waals surface area contributed by atoms with Gasteiger partial charge in [0.2, 0.25) is 5.60 Å². The number of piperidine rings is 3. The van der Waals surface area contributed by atoms with Crippen molar-refractivity contribution in [3.8, 4) is 5.75 Å². The van der Waals surface area contributed by atoms with Crippen LogP contribution in [0.25, 0.3) is 0 Å². The molecule has 2 bridgehead atoms. The second kappa shape index (κ2) is 12.5. The molecule has 6 rings (SSSR count). The van der Waals surface area contributed by atoms with Crippen molar-refractivity contribution in [1.82, 2.24) is 5.32 Å². The molecular weight excluding hydrogens is 516 g/mol. The molecule has 3 heterocycles. The summed E-state index contributed by atoms with van der Waals surface area (Å²) < 4.78 is 12.7. The Morgan fingerprint density at radius 3 is 2.07 bits per heavy atom. The van der Waals surface area contributed by atoms with Crippen molar-refractivity contribution >= 4 is 11.9 Å². The lowest BCUT2D eigenvalue weighted by molar-refractivity contribution is -0.946. The number of carbonyl (C=O) groups is 2. The molecule has 0 saturated carbocycles. The quantitative estimate of drug-likeness (QED) is 0.203. The van der Waals surface area contributed by atoms with Gasteiger partial charge >= 0.3 is 5.97 Å². The molecule has 1 atom stereocenters. The van der Waals surface area contributed by atoms with Gasteiger partial charge in [0, 0.05) is 37.3 Å². The highest BCUT2D eigenvalue weighted by atomic mass is 16.6. The molecule has 3 aromatic carbocycles. The van der Waals surface area contributed by atoms with Gasteiger partial charge in [0.1, 0.15) is 12.3 Å². The summed E-state index contributed by atoms with van der Waals surface area (Å²) in [4.78, 5) is 26.4. The highest BCUT2D eigenvalue weighted by molar-refractivity contribution is 5.94. The number of benzene rings is 3. The van der Waals surface area contributed by atoms with Gasteiger partial charge in [-0.05, 0) is 49.2 Å². The lowest BCUT2D eigenvalue weighted by Crippen LogP contribution is -2.65. The van der Waals surface area contributed by atoms with E-state index in [1.54, 1.807) is 36.4 Å². The van der Waals surface area contributed by atoms with Crippen molar-refractivity contribution in [3.05, 3.63) is 102 Å². The zero-order valence-electron chi connectivity index (χ0n) is 24.0. The Bertz CT molecular complexity index is 1260. The number of ether oxygens (including phenoxy) is 2. The molecule has 7 heteroatoms. The topological polar surface area (TPSA) is 84.9 Å². The largest absolute Gasteiger partial charge is 0.491 e. The lowest BCUT2D eigenvalue weighted by Gasteiger charge is -2.52. The van der Waals surface area contributed by atoms with Gasteiger partial charge in [0.05, 0.1) is 25.7 Å². The highest BCUT2D eigenvalue weighted by Gasteiger charge is 2.50. The number of hydrogen-bond acceptors (Lipinski definition) is 5. The first kappa shape index (κ1) is 28.8. The van der Waals surface area contributed by atoms with Gasteiger partial charge in [-0.1, -0.05) is 60.7 Å². The van der Waals surface area contributed by atoms with Crippen molar-refractivity contribution < 1.29 is 28.7 Å². The first-order valence-corrected chi connectivity index (χ1v) is 14.7. The first-order valence-electron chi connectivity index (χ1n) is 14.7. The van der Waals surface area contributed by atoms with E-state index >= 15 is 0 Å². The van der Waals surface area contributed by atoms with Gasteiger partial charge < -0.3 is 24.4 Å². The van der Waals surface area contributed by atoms with E-state index in [4.69, 9.17) is 9.47 Å². The fourth-order valence-corrected chi connectivity index (χ4v) is 6.33. The SMILES string of the molecule is CC(C)Oc1ccc(C(=O)NCCC[N+]23CCC(CC2)[C@@H](OC(=O)C(O)(c2ccccc2)c2ccccc2)C3)cc1. The monoisotopic (exact) mass is 557 g/mol. The van der Waals surface area contributed by atoms with Crippen molar-refractivity contribution in [2.24, 2.45) is 5.92 Å². The third kappa shape index (κ3) is 6.47. The molecule has 216 valence electrons. The van der Waals surface area contributed by atoms with Crippen LogP contribution in [0.1, 0.15) is 54.6 Å². The Kier molecular flexibility index (Phi) is 8.76. The number of nitrogens with zero attached hydrogens (tertiary/aromatic N) is 1. The molecule has 3 aliphatic heterocycles. The van der Waals surface area contributed by atoms with Crippen molar-refractivity contribution in [2.45, 2.75) is 50.9 Å². The van der Waals surface area contributed by atoms with Crippen molar-refractivity contribution in [2.75, 3.05) is 32.7 Å². The number of carbonyl (C=O) groups excluding carboxylic acids is 2. The number of nitrogens with one attached hydrogen (secondary N) is 1. The van der Waals surface area contributed by atoms with Crippen LogP contribution in [0.5, 0.6) is 5.75 Å². The van der Waals surface area contributed by atoms with Crippen LogP contribution in [-0.4, -0.2) is 66.4 Å². The summed E-state index contributed by atoms with van der Waals surface area (Å²) in [6.45, 7) is 8.26. The molecule has 0 unspecified atom stereocenters. The van der Waals surface area contributed by atoms with E-state index in [0.29, 0.717) is 29.2 Å². The Labute approximate surface area is 242 Å². The molecule has 3 saturated heterocycles. The summed E-state index contributed by atoms with van der Waals surface area (Å²) in [5, 5.41) is 14.9. The second-order valence-electron chi connectivity index (χ2n) is 11.7. The van der Waals surface area contributed by atoms with Crippen LogP contribution in [0.2, 0.25) is 0 Å². The van der Waals surface area contributed by atoms with Crippen LogP contribution in [0.4, 0.5) is 0 Å². The average Bonchev–Trinajstić information content (AvgIpc) is 3.00. The van der Waals surface area contributed by atoms with E-state index in [-0.39, 0.29) is 18.1 Å². The Balaban J connectivity index is 1.18. The molecule has 3 aromatic rings. The second-order valence-corrected chi connectivity index (χ2v) is 11.7. The highest BCUT2D eigenvalue weighted by Crippen LogP contribution is 2.38. The Hall–Kier alpha value is -3.68. The number of rotatable bonds is 11. The molecule has 0 radical (unpaired) electrons. The number of quaternary nitrogens is 1. The standard InChI is InChI=1S/C34H40N2O5/c1-25(2)40-30-16-14-27(15-17-30)32(37)35-20-9-21-36-22-18-26(19-23-36)31(24-36)41-33(38)34(39,28-10-5-3-6-11-28)29-12-7-4-8-13-29/h3-8,10-17,25-26,31,39H,9,18-24H2,1-2H3/p+1/t26?,31-,36?/m0/s1. The molecule has 0 aromatic heterocycles. The summed E-state index contributed by atoms with van der Waals surface area (Å²) in [6, 6.07) is 25.3. The number of fused-ring (bicyclic) bond motifs is 3. The van der Waals surface area contributed by atoms with E-state index in [1.807, 2.05) is 62.4 Å². The van der Waals surface area contributed by atoms with Crippen LogP contribution in [0.3, 0.4) is 0 Å². The molecule has 3 fully saturated rings. The third-order valence-electron chi connectivity index (χ3n) is 8.56. The van der Waals surface area contributed by atoms with Gasteiger partial charge in [0.25, 0.3) is 5.91 Å². The molecule has 0 aliphatic carbocycles. The molecular formula is C34H41N2O5+. The summed E-state index contributed by atoms with van der Waals surface area (Å²) >= 11 is 0. The van der Waals surface area contributed by atoms with Gasteiger partial charge in [-0.15, -0.1) is 0 Å². The zero-order valence-corrected chi connectivity index (χ0v) is 24.0. The van der Waals surface area contributed by atoms with Crippen LogP contribution >= 0.6 is 0 Å². The van der Waals surface area contributed by atoms with E-state index in [1.165, 1.54) is 0 Å². The predicted octanol–water partition coefficient (Wildman–Crippen LogP) is 4.68. The van der Waals surface area contributed by atoms with E-state index in [9.17, 15) is 14.7 Å². The number of amides is 1. The Morgan fingerprint density at radius 1 is 0.927 bits per heavy atom. The first-order chi connectivity index (χ1) is 19.8. The lowest BCUT2D eigenvalue weighted by atomic mass is 9.82. The van der Waals surface area contributed by atoms with Crippen LogP contribution in [0, 0.1) is 5.92 Å². The molecule has 41 heavy (non-hydrogen) atoms. The number of hydrogen-bond donors (Lipinski definition) is 2. The fourth-order valence-electron chi connectivity index (χ4n) is 6.33. The van der Waals surface area contributed by atoms with Gasteiger partial charge in [-0.2, -0.15) is 0 Å². The minimum Gasteiger partial charge on any atom is -0.491 e. The molecule has 2 N–H and O–H groups in total. The van der Waals surface area contributed by atoms with Gasteiger partial charge in [-0.3, -0.25) is 4.79 Å². The van der Waals surface area contributed by atoms with Gasteiger partial charge in [0.15, 0.2) is 6.10 Å².